The van der Waals surface area contributed by atoms with E-state index in [4.69, 9.17) is 0 Å². The minimum absolute atomic E-state index is 0.0189. The van der Waals surface area contributed by atoms with Crippen molar-refractivity contribution < 1.29 is 4.79 Å². The van der Waals surface area contributed by atoms with Crippen molar-refractivity contribution >= 4 is 5.91 Å². The average Bonchev–Trinajstić information content (AvgIpc) is 3.12. The molecule has 3 aromatic rings. The summed E-state index contributed by atoms with van der Waals surface area (Å²) in [4.78, 5) is 23.4. The van der Waals surface area contributed by atoms with Gasteiger partial charge >= 0.3 is 0 Å². The van der Waals surface area contributed by atoms with Crippen LogP contribution in [0.1, 0.15) is 29.0 Å². The number of rotatable bonds is 2. The van der Waals surface area contributed by atoms with E-state index in [1.165, 1.54) is 0 Å². The summed E-state index contributed by atoms with van der Waals surface area (Å²) < 4.78 is 2.20. The van der Waals surface area contributed by atoms with Gasteiger partial charge in [0.15, 0.2) is 5.82 Å². The normalized spacial score (nSPS) is 16.7. The number of fused-ring (bicyclic) bond motifs is 1. The third-order valence-electron chi connectivity index (χ3n) is 4.53. The molecule has 0 bridgehead atoms. The lowest BCUT2D eigenvalue weighted by atomic mass is 10.1. The summed E-state index contributed by atoms with van der Waals surface area (Å²) in [6.45, 7) is 3.57. The Hall–Kier alpha value is -2.95. The lowest BCUT2D eigenvalue weighted by Gasteiger charge is -2.34. The van der Waals surface area contributed by atoms with Gasteiger partial charge in [-0.1, -0.05) is 30.3 Å². The zero-order valence-corrected chi connectivity index (χ0v) is 13.5. The van der Waals surface area contributed by atoms with E-state index in [-0.39, 0.29) is 11.9 Å². The lowest BCUT2D eigenvalue weighted by molar-refractivity contribution is 0.0643. The second-order valence-corrected chi connectivity index (χ2v) is 5.96. The number of hydrogen-bond donors (Lipinski definition) is 0. The van der Waals surface area contributed by atoms with E-state index in [1.807, 2.05) is 41.3 Å². The van der Waals surface area contributed by atoms with Crippen molar-refractivity contribution in [3.05, 3.63) is 72.3 Å². The average molecular weight is 318 g/mol. The fraction of sp³-hybridized carbons (Fsp3) is 0.211. The summed E-state index contributed by atoms with van der Waals surface area (Å²) in [6, 6.07) is 13.9. The first kappa shape index (κ1) is 14.6. The van der Waals surface area contributed by atoms with Gasteiger partial charge in [-0.25, -0.2) is 9.97 Å². The van der Waals surface area contributed by atoms with E-state index in [1.54, 1.807) is 12.4 Å². The number of amides is 1. The van der Waals surface area contributed by atoms with Gasteiger partial charge in [0.2, 0.25) is 0 Å². The number of carbonyl (C=O) groups is 1. The number of aromatic nitrogens is 3. The molecule has 0 saturated heterocycles. The molecule has 4 rings (SSSR count). The molecule has 5 nitrogen and oxygen atoms in total. The maximum Gasteiger partial charge on any atom is 0.257 e. The molecule has 1 aromatic carbocycles. The maximum atomic E-state index is 12.8. The number of nitrogens with zero attached hydrogens (tertiary/aromatic N) is 4. The first-order chi connectivity index (χ1) is 11.7. The molecule has 0 aliphatic carbocycles. The molecule has 0 saturated carbocycles. The van der Waals surface area contributed by atoms with E-state index in [0.717, 1.165) is 17.8 Å². The summed E-state index contributed by atoms with van der Waals surface area (Å²) in [5.74, 6) is 0.613. The molecule has 0 fully saturated rings. The highest BCUT2D eigenvalue weighted by molar-refractivity contribution is 5.94. The SMILES string of the molecule is C[C@H]1c2cccn2CCN1C(=O)c1cnc(-c2ccccc2)nc1. The van der Waals surface area contributed by atoms with E-state index in [0.29, 0.717) is 17.9 Å². The summed E-state index contributed by atoms with van der Waals surface area (Å²) in [6.07, 6.45) is 5.31. The van der Waals surface area contributed by atoms with Crippen LogP contribution in [0.4, 0.5) is 0 Å². The van der Waals surface area contributed by atoms with Crippen LogP contribution in [0.2, 0.25) is 0 Å². The molecule has 1 amide bonds. The summed E-state index contributed by atoms with van der Waals surface area (Å²) >= 11 is 0. The topological polar surface area (TPSA) is 51.0 Å². The Morgan fingerprint density at radius 2 is 1.79 bits per heavy atom. The first-order valence-corrected chi connectivity index (χ1v) is 8.07. The predicted molar refractivity (Wildman–Crippen MR) is 91.4 cm³/mol. The quantitative estimate of drug-likeness (QED) is 0.729. The Labute approximate surface area is 140 Å². The standard InChI is InChI=1S/C19H18N4O/c1-14-17-8-5-9-22(17)10-11-23(14)19(24)16-12-20-18(21-13-16)15-6-3-2-4-7-15/h2-9,12-14H,10-11H2,1H3/t14-/m0/s1. The van der Waals surface area contributed by atoms with Crippen molar-refractivity contribution in [2.75, 3.05) is 6.54 Å². The molecule has 5 heteroatoms. The summed E-state index contributed by atoms with van der Waals surface area (Å²) in [7, 11) is 0. The first-order valence-electron chi connectivity index (χ1n) is 8.07. The van der Waals surface area contributed by atoms with Crippen LogP contribution >= 0.6 is 0 Å². The van der Waals surface area contributed by atoms with Crippen LogP contribution < -0.4 is 0 Å². The van der Waals surface area contributed by atoms with Gasteiger partial charge in [-0.3, -0.25) is 4.79 Å². The van der Waals surface area contributed by atoms with Gasteiger partial charge in [0.05, 0.1) is 11.6 Å². The molecule has 0 spiro atoms. The monoisotopic (exact) mass is 318 g/mol. The van der Waals surface area contributed by atoms with Crippen molar-refractivity contribution in [1.82, 2.24) is 19.4 Å². The smallest absolute Gasteiger partial charge is 0.257 e. The molecule has 2 aromatic heterocycles. The van der Waals surface area contributed by atoms with Gasteiger partial charge in [0.1, 0.15) is 0 Å². The van der Waals surface area contributed by atoms with Crippen LogP contribution in [0, 0.1) is 0 Å². The molecule has 1 aliphatic rings. The fourth-order valence-corrected chi connectivity index (χ4v) is 3.20. The molecule has 0 unspecified atom stereocenters. The number of hydrogen-bond acceptors (Lipinski definition) is 3. The Bertz CT molecular complexity index is 855. The zero-order valence-electron chi connectivity index (χ0n) is 13.5. The van der Waals surface area contributed by atoms with Gasteiger partial charge in [0.25, 0.3) is 5.91 Å². The molecule has 1 atom stereocenters. The van der Waals surface area contributed by atoms with Crippen molar-refractivity contribution in [2.24, 2.45) is 0 Å². The molecular formula is C19H18N4O. The van der Waals surface area contributed by atoms with Gasteiger partial charge in [-0.2, -0.15) is 0 Å². The molecular weight excluding hydrogens is 300 g/mol. The lowest BCUT2D eigenvalue weighted by Crippen LogP contribution is -2.40. The molecule has 0 N–H and O–H groups in total. The van der Waals surface area contributed by atoms with Gasteiger partial charge in [-0.05, 0) is 19.1 Å². The van der Waals surface area contributed by atoms with Crippen LogP contribution in [0.5, 0.6) is 0 Å². The fourth-order valence-electron chi connectivity index (χ4n) is 3.20. The second kappa shape index (κ2) is 5.92. The van der Waals surface area contributed by atoms with E-state index in [9.17, 15) is 4.79 Å². The highest BCUT2D eigenvalue weighted by Crippen LogP contribution is 2.26. The maximum absolute atomic E-state index is 12.8. The summed E-state index contributed by atoms with van der Waals surface area (Å²) in [5, 5.41) is 0. The van der Waals surface area contributed by atoms with Crippen molar-refractivity contribution in [1.29, 1.82) is 0 Å². The van der Waals surface area contributed by atoms with Crippen LogP contribution in [0.3, 0.4) is 0 Å². The molecule has 3 heterocycles. The molecule has 24 heavy (non-hydrogen) atoms. The third-order valence-corrected chi connectivity index (χ3v) is 4.53. The third kappa shape index (κ3) is 2.48. The van der Waals surface area contributed by atoms with E-state index >= 15 is 0 Å². The minimum atomic E-state index is -0.0189. The Morgan fingerprint density at radius 1 is 1.04 bits per heavy atom. The van der Waals surface area contributed by atoms with Gasteiger partial charge < -0.3 is 9.47 Å². The van der Waals surface area contributed by atoms with Crippen LogP contribution in [0.15, 0.2) is 61.1 Å². The molecule has 0 radical (unpaired) electrons. The zero-order chi connectivity index (χ0) is 16.5. The molecule has 1 aliphatic heterocycles. The van der Waals surface area contributed by atoms with Crippen LogP contribution in [0.25, 0.3) is 11.4 Å². The van der Waals surface area contributed by atoms with E-state index in [2.05, 4.69) is 33.7 Å². The number of carbonyl (C=O) groups excluding carboxylic acids is 1. The highest BCUT2D eigenvalue weighted by atomic mass is 16.2. The minimum Gasteiger partial charge on any atom is -0.348 e. The van der Waals surface area contributed by atoms with Gasteiger partial charge in [-0.15, -0.1) is 0 Å². The van der Waals surface area contributed by atoms with Crippen molar-refractivity contribution in [2.45, 2.75) is 19.5 Å². The second-order valence-electron chi connectivity index (χ2n) is 5.96. The highest BCUT2D eigenvalue weighted by Gasteiger charge is 2.28. The van der Waals surface area contributed by atoms with E-state index < -0.39 is 0 Å². The largest absolute Gasteiger partial charge is 0.348 e. The Kier molecular flexibility index (Phi) is 3.61. The Morgan fingerprint density at radius 3 is 2.54 bits per heavy atom. The summed E-state index contributed by atoms with van der Waals surface area (Å²) in [5.41, 5.74) is 2.64. The van der Waals surface area contributed by atoms with Gasteiger partial charge in [0, 0.05) is 42.9 Å². The van der Waals surface area contributed by atoms with Crippen molar-refractivity contribution in [3.8, 4) is 11.4 Å². The predicted octanol–water partition coefficient (Wildman–Crippen LogP) is 3.16. The molecule has 120 valence electrons. The number of benzene rings is 1. The van der Waals surface area contributed by atoms with Crippen LogP contribution in [-0.2, 0) is 6.54 Å². The Balaban J connectivity index is 1.57. The van der Waals surface area contributed by atoms with Crippen molar-refractivity contribution in [3.63, 3.8) is 0 Å². The van der Waals surface area contributed by atoms with Crippen LogP contribution in [-0.4, -0.2) is 31.9 Å².